The summed E-state index contributed by atoms with van der Waals surface area (Å²) in [6.07, 6.45) is 5.09. The number of nitrogens with zero attached hydrogens (tertiary/aromatic N) is 3. The lowest BCUT2D eigenvalue weighted by Gasteiger charge is -2.33. The van der Waals surface area contributed by atoms with Gasteiger partial charge in [-0.1, -0.05) is 12.1 Å². The van der Waals surface area contributed by atoms with Gasteiger partial charge in [0.25, 0.3) is 0 Å². The van der Waals surface area contributed by atoms with Gasteiger partial charge in [0.15, 0.2) is 5.82 Å². The van der Waals surface area contributed by atoms with Crippen LogP contribution in [-0.2, 0) is 4.79 Å². The fourth-order valence-corrected chi connectivity index (χ4v) is 3.87. The molecule has 1 aromatic heterocycles. The zero-order chi connectivity index (χ0) is 16.2. The Balaban J connectivity index is 0.00000208. The highest BCUT2D eigenvalue weighted by Crippen LogP contribution is 2.29. The van der Waals surface area contributed by atoms with E-state index in [4.69, 9.17) is 4.52 Å². The maximum Gasteiger partial charge on any atom is 0.231 e. The van der Waals surface area contributed by atoms with Crippen LogP contribution in [0.5, 0.6) is 0 Å². The second kappa shape index (κ2) is 8.81. The topological polar surface area (TPSA) is 71.3 Å². The number of aryl methyl sites for hydroxylation is 1. The highest BCUT2D eigenvalue weighted by Gasteiger charge is 2.30. The van der Waals surface area contributed by atoms with Crippen molar-refractivity contribution in [3.63, 3.8) is 0 Å². The van der Waals surface area contributed by atoms with Gasteiger partial charge >= 0.3 is 0 Å². The van der Waals surface area contributed by atoms with E-state index in [0.717, 1.165) is 39.0 Å². The number of aromatic nitrogens is 2. The van der Waals surface area contributed by atoms with Gasteiger partial charge < -0.3 is 14.7 Å². The SMILES string of the molecule is Cc1noc(C2CCCN(C(=O)CC(C)C3CCNCC3)C2)n1.Cl. The van der Waals surface area contributed by atoms with Crippen LogP contribution in [0.4, 0.5) is 0 Å². The lowest BCUT2D eigenvalue weighted by Crippen LogP contribution is -2.41. The van der Waals surface area contributed by atoms with Gasteiger partial charge in [-0.2, -0.15) is 4.98 Å². The smallest absolute Gasteiger partial charge is 0.231 e. The van der Waals surface area contributed by atoms with E-state index in [2.05, 4.69) is 22.4 Å². The van der Waals surface area contributed by atoms with Crippen molar-refractivity contribution in [1.82, 2.24) is 20.4 Å². The lowest BCUT2D eigenvalue weighted by molar-refractivity contribution is -0.133. The predicted molar refractivity (Wildman–Crippen MR) is 94.2 cm³/mol. The molecule has 24 heavy (non-hydrogen) atoms. The molecule has 2 atom stereocenters. The van der Waals surface area contributed by atoms with Crippen molar-refractivity contribution in [3.05, 3.63) is 11.7 Å². The van der Waals surface area contributed by atoms with Crippen LogP contribution in [0, 0.1) is 18.8 Å². The average molecular weight is 357 g/mol. The molecule has 1 N–H and O–H groups in total. The number of carbonyl (C=O) groups excluding carboxylic acids is 1. The Bertz CT molecular complexity index is 530. The first kappa shape index (κ1) is 19.2. The zero-order valence-corrected chi connectivity index (χ0v) is 15.5. The fraction of sp³-hybridized carbons (Fsp3) is 0.824. The Morgan fingerprint density at radius 2 is 2.12 bits per heavy atom. The summed E-state index contributed by atoms with van der Waals surface area (Å²) in [5.41, 5.74) is 0. The first-order valence-corrected chi connectivity index (χ1v) is 8.92. The second-order valence-corrected chi connectivity index (χ2v) is 7.13. The maximum atomic E-state index is 12.7. The fourth-order valence-electron chi connectivity index (χ4n) is 3.87. The summed E-state index contributed by atoms with van der Waals surface area (Å²) in [4.78, 5) is 19.0. The summed E-state index contributed by atoms with van der Waals surface area (Å²) < 4.78 is 5.30. The first-order valence-electron chi connectivity index (χ1n) is 8.92. The molecule has 0 aromatic carbocycles. The van der Waals surface area contributed by atoms with E-state index in [-0.39, 0.29) is 24.2 Å². The summed E-state index contributed by atoms with van der Waals surface area (Å²) in [7, 11) is 0. The van der Waals surface area contributed by atoms with Gasteiger partial charge in [-0.15, -0.1) is 12.4 Å². The highest BCUT2D eigenvalue weighted by atomic mass is 35.5. The number of amides is 1. The largest absolute Gasteiger partial charge is 0.342 e. The molecule has 7 heteroatoms. The summed E-state index contributed by atoms with van der Waals surface area (Å²) in [5.74, 6) is 2.99. The molecule has 2 aliphatic rings. The van der Waals surface area contributed by atoms with Crippen LogP contribution in [0.2, 0.25) is 0 Å². The van der Waals surface area contributed by atoms with Crippen LogP contribution in [-0.4, -0.2) is 47.1 Å². The van der Waals surface area contributed by atoms with Gasteiger partial charge in [-0.25, -0.2) is 0 Å². The Labute approximate surface area is 150 Å². The predicted octanol–water partition coefficient (Wildman–Crippen LogP) is 2.53. The van der Waals surface area contributed by atoms with Crippen LogP contribution in [0.15, 0.2) is 4.52 Å². The number of piperidine rings is 2. The van der Waals surface area contributed by atoms with Crippen LogP contribution < -0.4 is 5.32 Å². The van der Waals surface area contributed by atoms with Crippen molar-refractivity contribution in [1.29, 1.82) is 0 Å². The van der Waals surface area contributed by atoms with Crippen molar-refractivity contribution < 1.29 is 9.32 Å². The van der Waals surface area contributed by atoms with Gasteiger partial charge in [0.2, 0.25) is 11.8 Å². The summed E-state index contributed by atoms with van der Waals surface area (Å²) >= 11 is 0. The average Bonchev–Trinajstić information content (AvgIpc) is 3.02. The Morgan fingerprint density at radius 1 is 1.38 bits per heavy atom. The third-order valence-electron chi connectivity index (χ3n) is 5.35. The third kappa shape index (κ3) is 4.70. The number of hydrogen-bond acceptors (Lipinski definition) is 5. The molecule has 3 heterocycles. The van der Waals surface area contributed by atoms with Gasteiger partial charge in [0.05, 0.1) is 5.92 Å². The third-order valence-corrected chi connectivity index (χ3v) is 5.35. The minimum atomic E-state index is 0. The minimum absolute atomic E-state index is 0. The molecule has 3 rings (SSSR count). The van der Waals surface area contributed by atoms with E-state index in [9.17, 15) is 4.79 Å². The van der Waals surface area contributed by atoms with E-state index in [1.165, 1.54) is 12.8 Å². The zero-order valence-electron chi connectivity index (χ0n) is 14.7. The van der Waals surface area contributed by atoms with E-state index in [1.807, 2.05) is 11.8 Å². The van der Waals surface area contributed by atoms with E-state index < -0.39 is 0 Å². The quantitative estimate of drug-likeness (QED) is 0.897. The molecule has 136 valence electrons. The van der Waals surface area contributed by atoms with E-state index >= 15 is 0 Å². The molecule has 1 aromatic rings. The van der Waals surface area contributed by atoms with Gasteiger partial charge in [-0.05, 0) is 57.5 Å². The van der Waals surface area contributed by atoms with Gasteiger partial charge in [0.1, 0.15) is 0 Å². The lowest BCUT2D eigenvalue weighted by atomic mass is 9.83. The number of rotatable bonds is 4. The van der Waals surface area contributed by atoms with Crippen molar-refractivity contribution in [2.24, 2.45) is 11.8 Å². The number of nitrogens with one attached hydrogen (secondary N) is 1. The Morgan fingerprint density at radius 3 is 2.79 bits per heavy atom. The summed E-state index contributed by atoms with van der Waals surface area (Å²) in [6.45, 7) is 7.83. The molecule has 1 amide bonds. The number of carbonyl (C=O) groups is 1. The van der Waals surface area contributed by atoms with Gasteiger partial charge in [0, 0.05) is 19.5 Å². The van der Waals surface area contributed by atoms with Crippen molar-refractivity contribution in [2.45, 2.75) is 51.9 Å². The van der Waals surface area contributed by atoms with E-state index in [1.54, 1.807) is 0 Å². The molecule has 2 aliphatic heterocycles. The molecule has 2 unspecified atom stereocenters. The highest BCUT2D eigenvalue weighted by molar-refractivity contribution is 5.85. The molecule has 0 radical (unpaired) electrons. The number of hydrogen-bond donors (Lipinski definition) is 1. The molecule has 2 saturated heterocycles. The van der Waals surface area contributed by atoms with Crippen LogP contribution >= 0.6 is 12.4 Å². The van der Waals surface area contributed by atoms with Crippen LogP contribution in [0.1, 0.15) is 56.7 Å². The molecule has 0 spiro atoms. The first-order chi connectivity index (χ1) is 11.1. The molecule has 2 fully saturated rings. The summed E-state index contributed by atoms with van der Waals surface area (Å²) in [6, 6.07) is 0. The molecular weight excluding hydrogens is 328 g/mol. The number of likely N-dealkylation sites (tertiary alicyclic amines) is 1. The van der Waals surface area contributed by atoms with Crippen molar-refractivity contribution in [2.75, 3.05) is 26.2 Å². The molecule has 0 aliphatic carbocycles. The van der Waals surface area contributed by atoms with Crippen molar-refractivity contribution in [3.8, 4) is 0 Å². The molecule has 6 nitrogen and oxygen atoms in total. The minimum Gasteiger partial charge on any atom is -0.342 e. The Kier molecular flexibility index (Phi) is 7.04. The molecular formula is C17H29ClN4O2. The van der Waals surface area contributed by atoms with Gasteiger partial charge in [-0.3, -0.25) is 4.79 Å². The summed E-state index contributed by atoms with van der Waals surface area (Å²) in [5, 5.41) is 7.27. The maximum absolute atomic E-state index is 12.7. The van der Waals surface area contributed by atoms with Crippen LogP contribution in [0.25, 0.3) is 0 Å². The molecule has 0 saturated carbocycles. The van der Waals surface area contributed by atoms with Crippen LogP contribution in [0.3, 0.4) is 0 Å². The normalized spacial score (nSPS) is 23.6. The monoisotopic (exact) mass is 356 g/mol. The Hall–Kier alpha value is -1.14. The molecule has 0 bridgehead atoms. The number of halogens is 1. The standard InChI is InChI=1S/C17H28N4O2.ClH/c1-12(14-5-7-18-8-6-14)10-16(22)21-9-3-4-15(11-21)17-19-13(2)20-23-17;/h12,14-15,18H,3-11H2,1-2H3;1H. The van der Waals surface area contributed by atoms with E-state index in [0.29, 0.717) is 30.0 Å². The second-order valence-electron chi connectivity index (χ2n) is 7.13. The van der Waals surface area contributed by atoms with Crippen molar-refractivity contribution >= 4 is 18.3 Å².